The lowest BCUT2D eigenvalue weighted by molar-refractivity contribution is 0.585. The van der Waals surface area contributed by atoms with Crippen LogP contribution in [0.2, 0.25) is 0 Å². The summed E-state index contributed by atoms with van der Waals surface area (Å²) in [5.74, 6) is 0.899. The SMILES string of the molecule is c1ccc(-c2cc(-c3nnc(-c4ccc(N(c5ccccc5)c5ccc(-c6ccc(N(c7ccccc7)c7ccccc7)cc6)cc5)cc4)o3)c3ccccc3n2)cc1. The molecule has 280 valence electrons. The standard InChI is InChI=1S/C53H37N5O/c1-5-15-40(16-6-1)51-37-49(48-23-13-14-24-50(48)54-51)53-56-55-52(59-53)41-29-35-47(36-30-41)58(44-21-11-4-12-22-44)46-33-27-39(28-34-46)38-25-31-45(32-26-38)57(42-17-7-2-8-18-42)43-19-9-3-10-20-43/h1-37H. The molecule has 59 heavy (non-hydrogen) atoms. The van der Waals surface area contributed by atoms with E-state index in [1.807, 2.05) is 78.9 Å². The van der Waals surface area contributed by atoms with Gasteiger partial charge in [-0.3, -0.25) is 0 Å². The van der Waals surface area contributed by atoms with Crippen LogP contribution in [-0.2, 0) is 0 Å². The molecule has 10 aromatic rings. The van der Waals surface area contributed by atoms with Crippen molar-refractivity contribution >= 4 is 45.0 Å². The summed E-state index contributed by atoms with van der Waals surface area (Å²) in [6.45, 7) is 0. The predicted octanol–water partition coefficient (Wildman–Crippen LogP) is 14.2. The second-order valence-corrected chi connectivity index (χ2v) is 14.2. The van der Waals surface area contributed by atoms with Crippen LogP contribution in [0.3, 0.4) is 0 Å². The Morgan fingerprint density at radius 1 is 0.322 bits per heavy atom. The molecule has 2 heterocycles. The monoisotopic (exact) mass is 759 g/mol. The van der Waals surface area contributed by atoms with E-state index in [0.29, 0.717) is 11.8 Å². The number of rotatable bonds is 10. The molecule has 0 bridgehead atoms. The molecule has 2 aromatic heterocycles. The van der Waals surface area contributed by atoms with Gasteiger partial charge in [-0.25, -0.2) is 4.98 Å². The number of hydrogen-bond acceptors (Lipinski definition) is 6. The Bertz CT molecular complexity index is 2910. The third-order valence-corrected chi connectivity index (χ3v) is 10.4. The Balaban J connectivity index is 0.928. The Hall–Kier alpha value is -8.09. The van der Waals surface area contributed by atoms with Crippen LogP contribution < -0.4 is 9.80 Å². The Morgan fingerprint density at radius 3 is 1.20 bits per heavy atom. The average molecular weight is 760 g/mol. The fourth-order valence-electron chi connectivity index (χ4n) is 7.54. The summed E-state index contributed by atoms with van der Waals surface area (Å²) in [5, 5.41) is 9.97. The van der Waals surface area contributed by atoms with Crippen LogP contribution in [0.15, 0.2) is 229 Å². The highest BCUT2D eigenvalue weighted by Gasteiger charge is 2.18. The van der Waals surface area contributed by atoms with Crippen LogP contribution >= 0.6 is 0 Å². The topological polar surface area (TPSA) is 58.3 Å². The number of para-hydroxylation sites is 4. The second kappa shape index (κ2) is 15.8. The number of pyridine rings is 1. The van der Waals surface area contributed by atoms with Crippen molar-refractivity contribution in [1.82, 2.24) is 15.2 Å². The minimum atomic E-state index is 0.449. The summed E-state index contributed by atoms with van der Waals surface area (Å²) in [7, 11) is 0. The Kier molecular flexibility index (Phi) is 9.47. The normalized spacial score (nSPS) is 11.1. The van der Waals surface area contributed by atoms with Gasteiger partial charge in [-0.1, -0.05) is 127 Å². The average Bonchev–Trinajstić information content (AvgIpc) is 3.81. The molecule has 0 unspecified atom stereocenters. The molecule has 0 amide bonds. The molecular weight excluding hydrogens is 723 g/mol. The molecule has 0 fully saturated rings. The maximum atomic E-state index is 6.38. The van der Waals surface area contributed by atoms with Gasteiger partial charge in [0, 0.05) is 50.6 Å². The molecule has 0 N–H and O–H groups in total. The van der Waals surface area contributed by atoms with E-state index in [1.54, 1.807) is 0 Å². The molecule has 6 heteroatoms. The van der Waals surface area contributed by atoms with Crippen LogP contribution in [0.5, 0.6) is 0 Å². The van der Waals surface area contributed by atoms with Gasteiger partial charge in [-0.05, 0) is 108 Å². The largest absolute Gasteiger partial charge is 0.416 e. The maximum absolute atomic E-state index is 6.38. The number of nitrogens with zero attached hydrogens (tertiary/aromatic N) is 5. The van der Waals surface area contributed by atoms with Gasteiger partial charge in [0.05, 0.1) is 16.8 Å². The van der Waals surface area contributed by atoms with Crippen molar-refractivity contribution in [3.05, 3.63) is 224 Å². The van der Waals surface area contributed by atoms with E-state index < -0.39 is 0 Å². The highest BCUT2D eigenvalue weighted by atomic mass is 16.4. The fourth-order valence-corrected chi connectivity index (χ4v) is 7.54. The third kappa shape index (κ3) is 7.23. The molecule has 10 rings (SSSR count). The van der Waals surface area contributed by atoms with E-state index >= 15 is 0 Å². The first-order chi connectivity index (χ1) is 29.2. The minimum absolute atomic E-state index is 0.449. The molecular formula is C53H37N5O. The van der Waals surface area contributed by atoms with Crippen LogP contribution in [0.25, 0.3) is 56.2 Å². The van der Waals surface area contributed by atoms with Crippen LogP contribution in [0, 0.1) is 0 Å². The van der Waals surface area contributed by atoms with Gasteiger partial charge in [0.25, 0.3) is 0 Å². The summed E-state index contributed by atoms with van der Waals surface area (Å²) in [5.41, 5.74) is 13.1. The zero-order valence-corrected chi connectivity index (χ0v) is 32.0. The van der Waals surface area contributed by atoms with Crippen LogP contribution in [0.4, 0.5) is 34.1 Å². The van der Waals surface area contributed by atoms with Crippen molar-refractivity contribution in [1.29, 1.82) is 0 Å². The first-order valence-electron chi connectivity index (χ1n) is 19.6. The lowest BCUT2D eigenvalue weighted by Gasteiger charge is -2.26. The van der Waals surface area contributed by atoms with Crippen LogP contribution in [-0.4, -0.2) is 15.2 Å². The van der Waals surface area contributed by atoms with E-state index in [4.69, 9.17) is 9.40 Å². The van der Waals surface area contributed by atoms with Crippen molar-refractivity contribution < 1.29 is 4.42 Å². The van der Waals surface area contributed by atoms with Gasteiger partial charge >= 0.3 is 0 Å². The summed E-state index contributed by atoms with van der Waals surface area (Å²) in [6.07, 6.45) is 0. The van der Waals surface area contributed by atoms with E-state index in [-0.39, 0.29) is 0 Å². The molecule has 0 radical (unpaired) electrons. The van der Waals surface area contributed by atoms with Gasteiger partial charge in [-0.2, -0.15) is 0 Å². The number of anilines is 6. The number of hydrogen-bond donors (Lipinski definition) is 0. The van der Waals surface area contributed by atoms with E-state index in [9.17, 15) is 0 Å². The van der Waals surface area contributed by atoms with E-state index in [2.05, 4.69) is 166 Å². The smallest absolute Gasteiger partial charge is 0.248 e. The highest BCUT2D eigenvalue weighted by molar-refractivity contribution is 5.95. The zero-order chi connectivity index (χ0) is 39.4. The number of benzene rings is 8. The van der Waals surface area contributed by atoms with Gasteiger partial charge in [0.15, 0.2) is 0 Å². The van der Waals surface area contributed by atoms with E-state index in [1.165, 1.54) is 0 Å². The number of fused-ring (bicyclic) bond motifs is 1. The molecule has 0 aliphatic rings. The lowest BCUT2D eigenvalue weighted by Crippen LogP contribution is -2.09. The van der Waals surface area contributed by atoms with Crippen LogP contribution in [0.1, 0.15) is 0 Å². The van der Waals surface area contributed by atoms with Gasteiger partial charge in [0.2, 0.25) is 11.8 Å². The fraction of sp³-hybridized carbons (Fsp3) is 0. The quantitative estimate of drug-likeness (QED) is 0.138. The van der Waals surface area contributed by atoms with Gasteiger partial charge in [-0.15, -0.1) is 10.2 Å². The zero-order valence-electron chi connectivity index (χ0n) is 32.0. The second-order valence-electron chi connectivity index (χ2n) is 14.2. The first kappa shape index (κ1) is 35.3. The molecule has 0 saturated carbocycles. The summed E-state index contributed by atoms with van der Waals surface area (Å²) in [6, 6.07) is 77.3. The van der Waals surface area contributed by atoms with Gasteiger partial charge in [0.1, 0.15) is 0 Å². The summed E-state index contributed by atoms with van der Waals surface area (Å²) >= 11 is 0. The first-order valence-corrected chi connectivity index (χ1v) is 19.6. The third-order valence-electron chi connectivity index (χ3n) is 10.4. The minimum Gasteiger partial charge on any atom is -0.416 e. The molecule has 0 aliphatic carbocycles. The molecule has 0 atom stereocenters. The molecule has 0 spiro atoms. The summed E-state index contributed by atoms with van der Waals surface area (Å²) in [4.78, 5) is 9.45. The van der Waals surface area contributed by atoms with Crippen molar-refractivity contribution in [3.8, 4) is 45.3 Å². The number of aromatic nitrogens is 3. The Labute approximate surface area is 343 Å². The molecule has 8 aromatic carbocycles. The van der Waals surface area contributed by atoms with Crippen molar-refractivity contribution in [2.75, 3.05) is 9.80 Å². The predicted molar refractivity (Wildman–Crippen MR) is 241 cm³/mol. The van der Waals surface area contributed by atoms with Gasteiger partial charge < -0.3 is 14.2 Å². The summed E-state index contributed by atoms with van der Waals surface area (Å²) < 4.78 is 6.38. The van der Waals surface area contributed by atoms with E-state index in [0.717, 1.165) is 78.5 Å². The highest BCUT2D eigenvalue weighted by Crippen LogP contribution is 2.39. The maximum Gasteiger partial charge on any atom is 0.248 e. The van der Waals surface area contributed by atoms with Crippen molar-refractivity contribution in [3.63, 3.8) is 0 Å². The lowest BCUT2D eigenvalue weighted by atomic mass is 10.0. The van der Waals surface area contributed by atoms with Crippen molar-refractivity contribution in [2.45, 2.75) is 0 Å². The molecule has 0 saturated heterocycles. The molecule has 0 aliphatic heterocycles. The Morgan fingerprint density at radius 2 is 0.712 bits per heavy atom. The molecule has 6 nitrogen and oxygen atoms in total. The van der Waals surface area contributed by atoms with Crippen molar-refractivity contribution in [2.24, 2.45) is 0 Å².